The fourth-order valence-corrected chi connectivity index (χ4v) is 4.27. The third-order valence-corrected chi connectivity index (χ3v) is 6.03. The molecule has 0 bridgehead atoms. The number of piperidine rings is 1. The van der Waals surface area contributed by atoms with Gasteiger partial charge in [0.1, 0.15) is 0 Å². The first-order valence-corrected chi connectivity index (χ1v) is 10.7. The molecule has 2 fully saturated rings. The highest BCUT2D eigenvalue weighted by atomic mass is 16.1. The summed E-state index contributed by atoms with van der Waals surface area (Å²) in [6.45, 7) is 4.13. The number of hydrogen-bond donors (Lipinski definition) is 2. The molecular formula is C24H31N3O. The van der Waals surface area contributed by atoms with Gasteiger partial charge in [0.15, 0.2) is 0 Å². The Hall–Kier alpha value is -2.17. The highest BCUT2D eigenvalue weighted by molar-refractivity contribution is 5.94. The molecule has 2 aromatic rings. The summed E-state index contributed by atoms with van der Waals surface area (Å²) in [6, 6.07) is 21.7. The summed E-state index contributed by atoms with van der Waals surface area (Å²) in [5.74, 6) is 0.744. The van der Waals surface area contributed by atoms with Crippen molar-refractivity contribution in [3.8, 4) is 0 Å². The van der Waals surface area contributed by atoms with E-state index >= 15 is 0 Å². The molecule has 0 aromatic heterocycles. The lowest BCUT2D eigenvalue weighted by molar-refractivity contribution is 0.0950. The first-order valence-electron chi connectivity index (χ1n) is 10.7. The van der Waals surface area contributed by atoms with Crippen molar-refractivity contribution in [3.63, 3.8) is 0 Å². The molecule has 148 valence electrons. The minimum Gasteiger partial charge on any atom is -0.352 e. The Morgan fingerprint density at radius 2 is 1.64 bits per heavy atom. The Balaban J connectivity index is 1.09. The topological polar surface area (TPSA) is 44.4 Å². The van der Waals surface area contributed by atoms with Crippen molar-refractivity contribution in [2.75, 3.05) is 26.2 Å². The van der Waals surface area contributed by atoms with E-state index in [1.807, 2.05) is 30.3 Å². The predicted octanol–water partition coefficient (Wildman–Crippen LogP) is 3.42. The molecule has 2 N–H and O–H groups in total. The maximum atomic E-state index is 12.0. The summed E-state index contributed by atoms with van der Waals surface area (Å²) in [4.78, 5) is 14.6. The summed E-state index contributed by atoms with van der Waals surface area (Å²) in [5.41, 5.74) is 2.22. The minimum absolute atomic E-state index is 0.0286. The summed E-state index contributed by atoms with van der Waals surface area (Å²) < 4.78 is 0. The van der Waals surface area contributed by atoms with Crippen LogP contribution in [0.25, 0.3) is 0 Å². The Morgan fingerprint density at radius 3 is 2.36 bits per heavy atom. The fraction of sp³-hybridized carbons (Fsp3) is 0.458. The van der Waals surface area contributed by atoms with E-state index in [1.54, 1.807) is 0 Å². The molecule has 0 spiro atoms. The van der Waals surface area contributed by atoms with Gasteiger partial charge in [-0.3, -0.25) is 4.79 Å². The maximum Gasteiger partial charge on any atom is 0.251 e. The molecule has 4 rings (SSSR count). The van der Waals surface area contributed by atoms with Gasteiger partial charge >= 0.3 is 0 Å². The molecule has 1 aliphatic carbocycles. The van der Waals surface area contributed by atoms with Crippen LogP contribution in [0, 0.1) is 0 Å². The molecule has 1 saturated carbocycles. The number of hydrogen-bond acceptors (Lipinski definition) is 3. The van der Waals surface area contributed by atoms with E-state index in [0.29, 0.717) is 18.0 Å². The second kappa shape index (κ2) is 9.35. The van der Waals surface area contributed by atoms with Crippen molar-refractivity contribution in [2.45, 2.75) is 43.7 Å². The third kappa shape index (κ3) is 5.21. The van der Waals surface area contributed by atoms with Crippen molar-refractivity contribution in [3.05, 3.63) is 71.8 Å². The third-order valence-electron chi connectivity index (χ3n) is 6.03. The SMILES string of the molecule is O=C(NCCCN1CCC(NC2CC2c2ccccc2)CC1)c1ccccc1. The van der Waals surface area contributed by atoms with Gasteiger partial charge in [-0.1, -0.05) is 48.5 Å². The molecule has 0 radical (unpaired) electrons. The molecule has 1 amide bonds. The van der Waals surface area contributed by atoms with Crippen LogP contribution in [-0.2, 0) is 0 Å². The summed E-state index contributed by atoms with van der Waals surface area (Å²) in [5, 5.41) is 6.90. The van der Waals surface area contributed by atoms with E-state index in [0.717, 1.165) is 38.2 Å². The van der Waals surface area contributed by atoms with Gasteiger partial charge in [0.25, 0.3) is 5.91 Å². The molecule has 2 unspecified atom stereocenters. The van der Waals surface area contributed by atoms with Crippen LogP contribution in [-0.4, -0.2) is 49.1 Å². The summed E-state index contributed by atoms with van der Waals surface area (Å²) in [6.07, 6.45) is 4.75. The van der Waals surface area contributed by atoms with Gasteiger partial charge in [0.2, 0.25) is 0 Å². The molecule has 2 atom stereocenters. The Labute approximate surface area is 168 Å². The van der Waals surface area contributed by atoms with Crippen molar-refractivity contribution in [1.29, 1.82) is 0 Å². The number of carbonyl (C=O) groups excluding carboxylic acids is 1. The van der Waals surface area contributed by atoms with Gasteiger partial charge < -0.3 is 15.5 Å². The number of rotatable bonds is 8. The Bertz CT molecular complexity index is 741. The molecule has 4 heteroatoms. The van der Waals surface area contributed by atoms with Crippen LogP contribution in [0.4, 0.5) is 0 Å². The largest absolute Gasteiger partial charge is 0.352 e. The number of nitrogens with zero attached hydrogens (tertiary/aromatic N) is 1. The molecule has 1 aliphatic heterocycles. The average Bonchev–Trinajstić information content (AvgIpc) is 3.52. The highest BCUT2D eigenvalue weighted by Gasteiger charge is 2.39. The smallest absolute Gasteiger partial charge is 0.251 e. The lowest BCUT2D eigenvalue weighted by Gasteiger charge is -2.32. The van der Waals surface area contributed by atoms with Crippen LogP contribution in [0.5, 0.6) is 0 Å². The maximum absolute atomic E-state index is 12.0. The zero-order chi connectivity index (χ0) is 19.2. The number of nitrogens with one attached hydrogen (secondary N) is 2. The van der Waals surface area contributed by atoms with Crippen molar-refractivity contribution in [2.24, 2.45) is 0 Å². The normalized spacial score (nSPS) is 22.7. The average molecular weight is 378 g/mol. The van der Waals surface area contributed by atoms with Crippen LogP contribution >= 0.6 is 0 Å². The first-order chi connectivity index (χ1) is 13.8. The minimum atomic E-state index is 0.0286. The lowest BCUT2D eigenvalue weighted by atomic mass is 10.0. The fourth-order valence-electron chi connectivity index (χ4n) is 4.27. The molecule has 2 aliphatic rings. The van der Waals surface area contributed by atoms with Crippen LogP contribution < -0.4 is 10.6 Å². The van der Waals surface area contributed by atoms with Crippen molar-refractivity contribution in [1.82, 2.24) is 15.5 Å². The van der Waals surface area contributed by atoms with E-state index in [2.05, 4.69) is 45.9 Å². The van der Waals surface area contributed by atoms with Gasteiger partial charge in [-0.2, -0.15) is 0 Å². The summed E-state index contributed by atoms with van der Waals surface area (Å²) in [7, 11) is 0. The van der Waals surface area contributed by atoms with Gasteiger partial charge in [0, 0.05) is 30.1 Å². The van der Waals surface area contributed by atoms with E-state index < -0.39 is 0 Å². The zero-order valence-electron chi connectivity index (χ0n) is 16.5. The van der Waals surface area contributed by atoms with Gasteiger partial charge in [-0.25, -0.2) is 0 Å². The predicted molar refractivity (Wildman–Crippen MR) is 114 cm³/mol. The molecule has 4 nitrogen and oxygen atoms in total. The lowest BCUT2D eigenvalue weighted by Crippen LogP contribution is -2.44. The number of carbonyl (C=O) groups is 1. The number of likely N-dealkylation sites (tertiary alicyclic amines) is 1. The molecular weight excluding hydrogens is 346 g/mol. The monoisotopic (exact) mass is 377 g/mol. The second-order valence-electron chi connectivity index (χ2n) is 8.12. The van der Waals surface area contributed by atoms with Crippen LogP contribution in [0.2, 0.25) is 0 Å². The first kappa shape index (κ1) is 19.2. The van der Waals surface area contributed by atoms with Gasteiger partial charge in [-0.15, -0.1) is 0 Å². The van der Waals surface area contributed by atoms with E-state index in [1.165, 1.54) is 24.8 Å². The molecule has 28 heavy (non-hydrogen) atoms. The van der Waals surface area contributed by atoms with E-state index in [4.69, 9.17) is 0 Å². The second-order valence-corrected chi connectivity index (χ2v) is 8.12. The van der Waals surface area contributed by atoms with Crippen LogP contribution in [0.1, 0.15) is 47.5 Å². The van der Waals surface area contributed by atoms with E-state index in [-0.39, 0.29) is 5.91 Å². The van der Waals surface area contributed by atoms with Crippen molar-refractivity contribution < 1.29 is 4.79 Å². The quantitative estimate of drug-likeness (QED) is 0.693. The van der Waals surface area contributed by atoms with Crippen molar-refractivity contribution >= 4 is 5.91 Å². The van der Waals surface area contributed by atoms with Crippen LogP contribution in [0.3, 0.4) is 0 Å². The van der Waals surface area contributed by atoms with Gasteiger partial charge in [-0.05, 0) is 63.0 Å². The molecule has 1 saturated heterocycles. The Morgan fingerprint density at radius 1 is 0.964 bits per heavy atom. The Kier molecular flexibility index (Phi) is 6.40. The zero-order valence-corrected chi connectivity index (χ0v) is 16.5. The number of amides is 1. The molecule has 1 heterocycles. The highest BCUT2D eigenvalue weighted by Crippen LogP contribution is 2.41. The summed E-state index contributed by atoms with van der Waals surface area (Å²) >= 11 is 0. The van der Waals surface area contributed by atoms with E-state index in [9.17, 15) is 4.79 Å². The van der Waals surface area contributed by atoms with Gasteiger partial charge in [0.05, 0.1) is 0 Å². The number of benzene rings is 2. The molecule has 2 aromatic carbocycles. The standard InChI is InChI=1S/C24H31N3O/c28-24(20-10-5-2-6-11-20)25-14-7-15-27-16-12-21(13-17-27)26-23-18-22(23)19-8-3-1-4-9-19/h1-6,8-11,21-23,26H,7,12-18H2,(H,25,28). The van der Waals surface area contributed by atoms with Crippen LogP contribution in [0.15, 0.2) is 60.7 Å².